The summed E-state index contributed by atoms with van der Waals surface area (Å²) in [7, 11) is 1.51. The van der Waals surface area contributed by atoms with Crippen LogP contribution in [0.1, 0.15) is 15.9 Å². The average Bonchev–Trinajstić information content (AvgIpc) is 2.37. The molecular formula is C13H16BrF2NO2. The fourth-order valence-electron chi connectivity index (χ4n) is 1.68. The standard InChI is InChI=1S/C13H16BrF2NO2/c1-9-3-4-10(7-11(9)19-2)13(18)17(6-5-14)8-12(15)16/h3-4,7,12H,5-6,8H2,1-2H3. The minimum absolute atomic E-state index is 0.235. The predicted molar refractivity (Wildman–Crippen MR) is 73.4 cm³/mol. The first kappa shape index (κ1) is 15.9. The van der Waals surface area contributed by atoms with Gasteiger partial charge in [-0.25, -0.2) is 8.78 Å². The van der Waals surface area contributed by atoms with Crippen molar-refractivity contribution in [2.45, 2.75) is 13.3 Å². The number of nitrogens with zero attached hydrogens (tertiary/aromatic N) is 1. The molecule has 0 bridgehead atoms. The number of ether oxygens (including phenoxy) is 1. The number of amides is 1. The molecular weight excluding hydrogens is 320 g/mol. The Morgan fingerprint density at radius 2 is 2.16 bits per heavy atom. The highest BCUT2D eigenvalue weighted by Gasteiger charge is 2.19. The first-order valence-corrected chi connectivity index (χ1v) is 6.89. The molecule has 1 aromatic rings. The van der Waals surface area contributed by atoms with Crippen molar-refractivity contribution in [2.24, 2.45) is 0 Å². The predicted octanol–water partition coefficient (Wildman–Crippen LogP) is 3.11. The normalized spacial score (nSPS) is 10.6. The molecule has 0 radical (unpaired) electrons. The Kier molecular flexibility index (Phi) is 6.21. The van der Waals surface area contributed by atoms with E-state index in [4.69, 9.17) is 4.74 Å². The van der Waals surface area contributed by atoms with Gasteiger partial charge in [0.15, 0.2) is 0 Å². The second-order valence-electron chi connectivity index (χ2n) is 4.02. The van der Waals surface area contributed by atoms with Gasteiger partial charge in [-0.05, 0) is 24.6 Å². The quantitative estimate of drug-likeness (QED) is 0.747. The molecule has 0 aromatic heterocycles. The van der Waals surface area contributed by atoms with Crippen molar-refractivity contribution >= 4 is 21.8 Å². The van der Waals surface area contributed by atoms with Crippen molar-refractivity contribution in [3.8, 4) is 5.75 Å². The van der Waals surface area contributed by atoms with Crippen LogP contribution >= 0.6 is 15.9 Å². The highest BCUT2D eigenvalue weighted by atomic mass is 79.9. The van der Waals surface area contributed by atoms with E-state index < -0.39 is 18.9 Å². The number of aryl methyl sites for hydroxylation is 1. The Bertz CT molecular complexity index is 441. The zero-order chi connectivity index (χ0) is 14.4. The van der Waals surface area contributed by atoms with E-state index in [2.05, 4.69) is 15.9 Å². The maximum Gasteiger partial charge on any atom is 0.255 e. The second-order valence-corrected chi connectivity index (χ2v) is 4.81. The molecule has 0 spiro atoms. The van der Waals surface area contributed by atoms with Gasteiger partial charge in [0.2, 0.25) is 0 Å². The molecule has 1 amide bonds. The molecule has 0 saturated heterocycles. The maximum absolute atomic E-state index is 12.5. The lowest BCUT2D eigenvalue weighted by atomic mass is 10.1. The van der Waals surface area contributed by atoms with Crippen LogP contribution in [0.15, 0.2) is 18.2 Å². The summed E-state index contributed by atoms with van der Waals surface area (Å²) in [6.07, 6.45) is -2.55. The summed E-state index contributed by atoms with van der Waals surface area (Å²) in [6, 6.07) is 4.93. The summed E-state index contributed by atoms with van der Waals surface area (Å²) in [6.45, 7) is 1.52. The zero-order valence-electron chi connectivity index (χ0n) is 10.8. The molecule has 0 saturated carbocycles. The lowest BCUT2D eigenvalue weighted by Gasteiger charge is -2.21. The van der Waals surface area contributed by atoms with Gasteiger partial charge in [0, 0.05) is 17.4 Å². The van der Waals surface area contributed by atoms with Crippen LogP contribution in [0.3, 0.4) is 0 Å². The molecule has 0 atom stereocenters. The number of halogens is 3. The second kappa shape index (κ2) is 7.43. The van der Waals surface area contributed by atoms with Crippen LogP contribution < -0.4 is 4.74 Å². The van der Waals surface area contributed by atoms with Crippen molar-refractivity contribution < 1.29 is 18.3 Å². The molecule has 0 fully saturated rings. The fourth-order valence-corrected chi connectivity index (χ4v) is 2.11. The molecule has 0 unspecified atom stereocenters. The monoisotopic (exact) mass is 335 g/mol. The smallest absolute Gasteiger partial charge is 0.255 e. The molecule has 0 heterocycles. The molecule has 19 heavy (non-hydrogen) atoms. The molecule has 1 rings (SSSR count). The Morgan fingerprint density at radius 1 is 1.47 bits per heavy atom. The number of alkyl halides is 3. The topological polar surface area (TPSA) is 29.5 Å². The van der Waals surface area contributed by atoms with Gasteiger partial charge in [-0.3, -0.25) is 4.79 Å². The van der Waals surface area contributed by atoms with Gasteiger partial charge in [0.25, 0.3) is 12.3 Å². The number of methoxy groups -OCH3 is 1. The molecule has 106 valence electrons. The molecule has 0 N–H and O–H groups in total. The largest absolute Gasteiger partial charge is 0.496 e. The van der Waals surface area contributed by atoms with E-state index in [9.17, 15) is 13.6 Å². The summed E-state index contributed by atoms with van der Waals surface area (Å²) in [5.74, 6) is 0.153. The van der Waals surface area contributed by atoms with E-state index >= 15 is 0 Å². The molecule has 0 aliphatic rings. The first-order valence-electron chi connectivity index (χ1n) is 5.77. The highest BCUT2D eigenvalue weighted by molar-refractivity contribution is 9.09. The lowest BCUT2D eigenvalue weighted by Crippen LogP contribution is -2.36. The Hall–Kier alpha value is -1.17. The van der Waals surface area contributed by atoms with Crippen LogP contribution in [0, 0.1) is 6.92 Å². The average molecular weight is 336 g/mol. The summed E-state index contributed by atoms with van der Waals surface area (Å²) >= 11 is 3.16. The zero-order valence-corrected chi connectivity index (χ0v) is 12.4. The highest BCUT2D eigenvalue weighted by Crippen LogP contribution is 2.20. The van der Waals surface area contributed by atoms with Gasteiger partial charge in [-0.1, -0.05) is 22.0 Å². The van der Waals surface area contributed by atoms with Crippen molar-refractivity contribution in [2.75, 3.05) is 25.5 Å². The number of benzene rings is 1. The van der Waals surface area contributed by atoms with Crippen molar-refractivity contribution in [3.05, 3.63) is 29.3 Å². The number of hydrogen-bond acceptors (Lipinski definition) is 2. The maximum atomic E-state index is 12.5. The molecule has 0 aliphatic carbocycles. The minimum Gasteiger partial charge on any atom is -0.496 e. The number of carbonyl (C=O) groups excluding carboxylic acids is 1. The van der Waals surface area contributed by atoms with Gasteiger partial charge >= 0.3 is 0 Å². The van der Waals surface area contributed by atoms with E-state index in [0.29, 0.717) is 16.6 Å². The van der Waals surface area contributed by atoms with E-state index in [1.807, 2.05) is 6.92 Å². The summed E-state index contributed by atoms with van der Waals surface area (Å²) < 4.78 is 30.0. The number of hydrogen-bond donors (Lipinski definition) is 0. The van der Waals surface area contributed by atoms with Gasteiger partial charge in [-0.15, -0.1) is 0 Å². The van der Waals surface area contributed by atoms with Crippen LogP contribution in [-0.2, 0) is 0 Å². The summed E-state index contributed by atoms with van der Waals surface area (Å²) in [4.78, 5) is 13.3. The third-order valence-electron chi connectivity index (χ3n) is 2.66. The van der Waals surface area contributed by atoms with E-state index in [1.54, 1.807) is 18.2 Å². The third kappa shape index (κ3) is 4.45. The van der Waals surface area contributed by atoms with Crippen LogP contribution in [0.4, 0.5) is 8.78 Å². The van der Waals surface area contributed by atoms with Crippen LogP contribution in [-0.4, -0.2) is 42.8 Å². The molecule has 1 aromatic carbocycles. The molecule has 3 nitrogen and oxygen atoms in total. The fraction of sp³-hybridized carbons (Fsp3) is 0.462. The first-order chi connectivity index (χ1) is 8.99. The van der Waals surface area contributed by atoms with Gasteiger partial charge in [-0.2, -0.15) is 0 Å². The van der Waals surface area contributed by atoms with E-state index in [1.165, 1.54) is 7.11 Å². The Labute approximate surface area is 119 Å². The van der Waals surface area contributed by atoms with Crippen molar-refractivity contribution in [1.82, 2.24) is 4.90 Å². The van der Waals surface area contributed by atoms with Gasteiger partial charge in [0.05, 0.1) is 13.7 Å². The Balaban J connectivity index is 2.95. The van der Waals surface area contributed by atoms with Gasteiger partial charge < -0.3 is 9.64 Å². The van der Waals surface area contributed by atoms with Crippen molar-refractivity contribution in [3.63, 3.8) is 0 Å². The SMILES string of the molecule is COc1cc(C(=O)N(CCBr)CC(F)F)ccc1C. The summed E-state index contributed by atoms with van der Waals surface area (Å²) in [5, 5.41) is 0.453. The van der Waals surface area contributed by atoms with Crippen LogP contribution in [0.2, 0.25) is 0 Å². The lowest BCUT2D eigenvalue weighted by molar-refractivity contribution is 0.0572. The minimum atomic E-state index is -2.55. The third-order valence-corrected chi connectivity index (χ3v) is 3.01. The van der Waals surface area contributed by atoms with E-state index in [-0.39, 0.29) is 6.54 Å². The number of carbonyl (C=O) groups is 1. The van der Waals surface area contributed by atoms with Crippen LogP contribution in [0.25, 0.3) is 0 Å². The molecule has 0 aliphatic heterocycles. The molecule has 6 heteroatoms. The van der Waals surface area contributed by atoms with Gasteiger partial charge in [0.1, 0.15) is 5.75 Å². The van der Waals surface area contributed by atoms with Crippen molar-refractivity contribution in [1.29, 1.82) is 0 Å². The number of rotatable bonds is 6. The van der Waals surface area contributed by atoms with Crippen LogP contribution in [0.5, 0.6) is 5.75 Å². The van der Waals surface area contributed by atoms with E-state index in [0.717, 1.165) is 10.5 Å². The Morgan fingerprint density at radius 3 is 2.68 bits per heavy atom. The summed E-state index contributed by atoms with van der Waals surface area (Å²) in [5.41, 5.74) is 1.24.